The van der Waals surface area contributed by atoms with Crippen LogP contribution in [-0.2, 0) is 0 Å². The van der Waals surface area contributed by atoms with Crippen LogP contribution < -0.4 is 11.1 Å². The summed E-state index contributed by atoms with van der Waals surface area (Å²) in [5, 5.41) is 11.4. The van der Waals surface area contributed by atoms with Gasteiger partial charge in [-0.25, -0.2) is 4.98 Å². The van der Waals surface area contributed by atoms with Gasteiger partial charge in [0.1, 0.15) is 10.7 Å². The molecule has 16 heavy (non-hydrogen) atoms. The fraction of sp³-hybridized carbons (Fsp3) is 0.222. The van der Waals surface area contributed by atoms with E-state index in [1.807, 2.05) is 6.92 Å². The largest absolute Gasteiger partial charge is 0.322 e. The molecule has 0 aliphatic carbocycles. The molecule has 0 radical (unpaired) electrons. The highest BCUT2D eigenvalue weighted by atomic mass is 32.1. The zero-order valence-corrected chi connectivity index (χ0v) is 9.41. The van der Waals surface area contributed by atoms with Crippen LogP contribution in [0.5, 0.6) is 0 Å². The molecule has 1 unspecified atom stereocenters. The lowest BCUT2D eigenvalue weighted by Gasteiger charge is -1.99. The van der Waals surface area contributed by atoms with Crippen LogP contribution in [0.25, 0.3) is 0 Å². The standard InChI is InChI=1S/C9H11N5OS/c1-5(10)9-14-7(4-16-9)8(15)13-6-2-11-12-3-6/h2-5H,10H2,1H3,(H,11,12)(H,13,15). The highest BCUT2D eigenvalue weighted by Gasteiger charge is 2.12. The van der Waals surface area contributed by atoms with Crippen molar-refractivity contribution in [1.29, 1.82) is 0 Å². The maximum absolute atomic E-state index is 11.7. The molecule has 0 aliphatic heterocycles. The molecule has 0 fully saturated rings. The van der Waals surface area contributed by atoms with Crippen molar-refractivity contribution in [3.8, 4) is 0 Å². The molecule has 84 valence electrons. The Balaban J connectivity index is 2.09. The fourth-order valence-electron chi connectivity index (χ4n) is 1.12. The van der Waals surface area contributed by atoms with E-state index in [0.717, 1.165) is 5.01 Å². The molecule has 0 saturated carbocycles. The summed E-state index contributed by atoms with van der Waals surface area (Å²) in [6.07, 6.45) is 3.12. The SMILES string of the molecule is CC(N)c1nc(C(=O)Nc2cn[nH]c2)cs1. The Morgan fingerprint density at radius 1 is 1.69 bits per heavy atom. The van der Waals surface area contributed by atoms with Gasteiger partial charge in [0.25, 0.3) is 5.91 Å². The van der Waals surface area contributed by atoms with Gasteiger partial charge < -0.3 is 11.1 Å². The van der Waals surface area contributed by atoms with Gasteiger partial charge in [0.2, 0.25) is 0 Å². The van der Waals surface area contributed by atoms with Gasteiger partial charge in [-0.3, -0.25) is 9.89 Å². The van der Waals surface area contributed by atoms with Crippen molar-refractivity contribution >= 4 is 22.9 Å². The minimum absolute atomic E-state index is 0.152. The molecule has 2 aromatic heterocycles. The number of nitrogens with one attached hydrogen (secondary N) is 2. The summed E-state index contributed by atoms with van der Waals surface area (Å²) in [6.45, 7) is 1.83. The highest BCUT2D eigenvalue weighted by Crippen LogP contribution is 2.16. The van der Waals surface area contributed by atoms with Crippen LogP contribution >= 0.6 is 11.3 Å². The summed E-state index contributed by atoms with van der Waals surface area (Å²) >= 11 is 1.38. The third-order valence-electron chi connectivity index (χ3n) is 1.90. The van der Waals surface area contributed by atoms with Gasteiger partial charge in [0.05, 0.1) is 17.9 Å². The molecule has 0 bridgehead atoms. The Morgan fingerprint density at radius 3 is 3.06 bits per heavy atom. The second-order valence-electron chi connectivity index (χ2n) is 3.30. The molecule has 6 nitrogen and oxygen atoms in total. The van der Waals surface area contributed by atoms with Crippen molar-refractivity contribution in [2.24, 2.45) is 5.73 Å². The van der Waals surface area contributed by atoms with Crippen LogP contribution in [0.15, 0.2) is 17.8 Å². The van der Waals surface area contributed by atoms with Crippen LogP contribution in [0.2, 0.25) is 0 Å². The molecular formula is C9H11N5OS. The Kier molecular flexibility index (Phi) is 2.97. The quantitative estimate of drug-likeness (QED) is 0.745. The van der Waals surface area contributed by atoms with Crippen molar-refractivity contribution in [1.82, 2.24) is 15.2 Å². The number of carbonyl (C=O) groups excluding carboxylic acids is 1. The lowest BCUT2D eigenvalue weighted by Crippen LogP contribution is -2.12. The molecule has 1 amide bonds. The number of carbonyl (C=O) groups is 1. The second-order valence-corrected chi connectivity index (χ2v) is 4.19. The maximum atomic E-state index is 11.7. The van der Waals surface area contributed by atoms with E-state index in [1.54, 1.807) is 11.6 Å². The Morgan fingerprint density at radius 2 is 2.50 bits per heavy atom. The first-order valence-corrected chi connectivity index (χ1v) is 5.56. The number of amides is 1. The molecule has 0 saturated heterocycles. The normalized spacial score (nSPS) is 12.4. The summed E-state index contributed by atoms with van der Waals surface area (Å²) in [4.78, 5) is 15.8. The lowest BCUT2D eigenvalue weighted by molar-refractivity contribution is 0.102. The molecule has 2 heterocycles. The summed E-state index contributed by atoms with van der Waals surface area (Å²) in [5.41, 5.74) is 6.65. The number of anilines is 1. The van der Waals surface area contributed by atoms with E-state index < -0.39 is 0 Å². The van der Waals surface area contributed by atoms with Crippen molar-refractivity contribution in [3.05, 3.63) is 28.5 Å². The topological polar surface area (TPSA) is 96.7 Å². The van der Waals surface area contributed by atoms with Crippen LogP contribution in [0.3, 0.4) is 0 Å². The van der Waals surface area contributed by atoms with Gasteiger partial charge in [-0.2, -0.15) is 5.10 Å². The first-order chi connectivity index (χ1) is 7.66. The predicted octanol–water partition coefficient (Wildman–Crippen LogP) is 1.14. The smallest absolute Gasteiger partial charge is 0.275 e. The lowest BCUT2D eigenvalue weighted by atomic mass is 10.4. The second kappa shape index (κ2) is 4.42. The monoisotopic (exact) mass is 237 g/mol. The molecule has 2 rings (SSSR count). The molecule has 2 aromatic rings. The number of aromatic nitrogens is 3. The number of thiazole rings is 1. The average Bonchev–Trinajstić information content (AvgIpc) is 2.86. The highest BCUT2D eigenvalue weighted by molar-refractivity contribution is 7.09. The number of rotatable bonds is 3. The average molecular weight is 237 g/mol. The summed E-state index contributed by atoms with van der Waals surface area (Å²) in [7, 11) is 0. The fourth-order valence-corrected chi connectivity index (χ4v) is 1.87. The molecular weight excluding hydrogens is 226 g/mol. The number of nitrogens with zero attached hydrogens (tertiary/aromatic N) is 2. The van der Waals surface area contributed by atoms with Crippen LogP contribution in [-0.4, -0.2) is 21.1 Å². The summed E-state index contributed by atoms with van der Waals surface area (Å²) in [6, 6.07) is -0.152. The number of nitrogens with two attached hydrogens (primary N) is 1. The zero-order chi connectivity index (χ0) is 11.5. The minimum Gasteiger partial charge on any atom is -0.322 e. The van der Waals surface area contributed by atoms with E-state index in [9.17, 15) is 4.79 Å². The predicted molar refractivity (Wildman–Crippen MR) is 61.3 cm³/mol. The van der Waals surface area contributed by atoms with Gasteiger partial charge in [-0.1, -0.05) is 0 Å². The van der Waals surface area contributed by atoms with Gasteiger partial charge in [-0.15, -0.1) is 11.3 Å². The van der Waals surface area contributed by atoms with Crippen LogP contribution in [0, 0.1) is 0 Å². The van der Waals surface area contributed by atoms with Crippen LogP contribution in [0.4, 0.5) is 5.69 Å². The Labute approximate surface area is 95.9 Å². The molecule has 4 N–H and O–H groups in total. The first kappa shape index (κ1) is 10.8. The van der Waals surface area contributed by atoms with E-state index >= 15 is 0 Å². The summed E-state index contributed by atoms with van der Waals surface area (Å²) < 4.78 is 0. The van der Waals surface area contributed by atoms with E-state index in [0.29, 0.717) is 11.4 Å². The van der Waals surface area contributed by atoms with Crippen molar-refractivity contribution in [2.75, 3.05) is 5.32 Å². The van der Waals surface area contributed by atoms with Crippen molar-refractivity contribution in [3.63, 3.8) is 0 Å². The first-order valence-electron chi connectivity index (χ1n) is 4.68. The van der Waals surface area contributed by atoms with Gasteiger partial charge in [0.15, 0.2) is 0 Å². The number of aromatic amines is 1. The molecule has 7 heteroatoms. The van der Waals surface area contributed by atoms with Gasteiger partial charge in [0, 0.05) is 11.6 Å². The summed E-state index contributed by atoms with van der Waals surface area (Å²) in [5.74, 6) is -0.260. The van der Waals surface area contributed by atoms with E-state index in [4.69, 9.17) is 5.73 Å². The van der Waals surface area contributed by atoms with Crippen LogP contribution in [0.1, 0.15) is 28.5 Å². The molecule has 0 spiro atoms. The third-order valence-corrected chi connectivity index (χ3v) is 2.95. The Hall–Kier alpha value is -1.73. The molecule has 0 aromatic carbocycles. The molecule has 1 atom stereocenters. The maximum Gasteiger partial charge on any atom is 0.275 e. The Bertz CT molecular complexity index is 476. The van der Waals surface area contributed by atoms with Crippen molar-refractivity contribution < 1.29 is 4.79 Å². The number of H-pyrrole nitrogens is 1. The zero-order valence-electron chi connectivity index (χ0n) is 8.60. The van der Waals surface area contributed by atoms with Gasteiger partial charge >= 0.3 is 0 Å². The molecule has 0 aliphatic rings. The number of hydrogen-bond acceptors (Lipinski definition) is 5. The third kappa shape index (κ3) is 2.26. The minimum atomic E-state index is -0.260. The number of hydrogen-bond donors (Lipinski definition) is 3. The van der Waals surface area contributed by atoms with Crippen molar-refractivity contribution in [2.45, 2.75) is 13.0 Å². The van der Waals surface area contributed by atoms with E-state index in [1.165, 1.54) is 17.5 Å². The van der Waals surface area contributed by atoms with E-state index in [-0.39, 0.29) is 11.9 Å². The van der Waals surface area contributed by atoms with E-state index in [2.05, 4.69) is 20.5 Å². The van der Waals surface area contributed by atoms with Gasteiger partial charge in [-0.05, 0) is 6.92 Å².